The first-order valence-corrected chi connectivity index (χ1v) is 6.84. The highest BCUT2D eigenvalue weighted by Crippen LogP contribution is 2.35. The Morgan fingerprint density at radius 3 is 2.75 bits per heavy atom. The minimum Gasteiger partial charge on any atom is -0.383 e. The van der Waals surface area contributed by atoms with E-state index in [9.17, 15) is 4.79 Å². The van der Waals surface area contributed by atoms with Gasteiger partial charge >= 0.3 is 0 Å². The Morgan fingerprint density at radius 2 is 2.00 bits per heavy atom. The molecule has 2 aromatic rings. The molecule has 1 atom stereocenters. The van der Waals surface area contributed by atoms with E-state index in [2.05, 4.69) is 4.98 Å². The molecule has 0 radical (unpaired) electrons. The summed E-state index contributed by atoms with van der Waals surface area (Å²) in [5.41, 5.74) is 7.63. The smallest absolute Gasteiger partial charge is 0.254 e. The molecule has 0 unspecified atom stereocenters. The van der Waals surface area contributed by atoms with Crippen LogP contribution in [0.25, 0.3) is 0 Å². The van der Waals surface area contributed by atoms with Gasteiger partial charge in [-0.2, -0.15) is 0 Å². The topological polar surface area (TPSA) is 59.2 Å². The third-order valence-corrected chi connectivity index (χ3v) is 3.76. The standard InChI is InChI=1S/C16H17N3O/c17-15-13(8-4-10-18-15)14-9-5-11-19(14)16(20)12-6-2-1-3-7-12/h1-4,6-8,10,14H,5,9,11H2,(H2,17,18)/t14-/m0/s1. The van der Waals surface area contributed by atoms with Crippen molar-refractivity contribution in [3.63, 3.8) is 0 Å². The molecule has 1 aliphatic rings. The number of carbonyl (C=O) groups is 1. The Kier molecular flexibility index (Phi) is 3.37. The lowest BCUT2D eigenvalue weighted by Crippen LogP contribution is -2.31. The van der Waals surface area contributed by atoms with Gasteiger partial charge in [0.05, 0.1) is 6.04 Å². The molecule has 1 amide bonds. The predicted octanol–water partition coefficient (Wildman–Crippen LogP) is 2.64. The minimum absolute atomic E-state index is 0.0383. The van der Waals surface area contributed by atoms with Crippen LogP contribution in [0.15, 0.2) is 48.7 Å². The number of nitrogens with zero attached hydrogens (tertiary/aromatic N) is 2. The maximum atomic E-state index is 12.6. The Bertz CT molecular complexity index is 612. The van der Waals surface area contributed by atoms with Crippen LogP contribution < -0.4 is 5.73 Å². The number of carbonyl (C=O) groups excluding carboxylic acids is 1. The largest absolute Gasteiger partial charge is 0.383 e. The van der Waals surface area contributed by atoms with Crippen molar-refractivity contribution < 1.29 is 4.79 Å². The van der Waals surface area contributed by atoms with Gasteiger partial charge in [0, 0.05) is 23.9 Å². The Labute approximate surface area is 118 Å². The molecule has 4 heteroatoms. The number of pyridine rings is 1. The lowest BCUT2D eigenvalue weighted by atomic mass is 10.0. The third-order valence-electron chi connectivity index (χ3n) is 3.76. The second kappa shape index (κ2) is 5.33. The summed E-state index contributed by atoms with van der Waals surface area (Å²) in [5, 5.41) is 0. The zero-order valence-corrected chi connectivity index (χ0v) is 11.2. The van der Waals surface area contributed by atoms with E-state index in [1.54, 1.807) is 6.20 Å². The highest BCUT2D eigenvalue weighted by molar-refractivity contribution is 5.94. The molecule has 1 fully saturated rings. The van der Waals surface area contributed by atoms with Gasteiger partial charge in [-0.3, -0.25) is 4.79 Å². The van der Waals surface area contributed by atoms with Crippen LogP contribution in [0.2, 0.25) is 0 Å². The van der Waals surface area contributed by atoms with Gasteiger partial charge in [-0.1, -0.05) is 24.3 Å². The van der Waals surface area contributed by atoms with Gasteiger partial charge in [-0.05, 0) is 31.0 Å². The normalized spacial score (nSPS) is 18.2. The van der Waals surface area contributed by atoms with E-state index < -0.39 is 0 Å². The molecule has 0 spiro atoms. The average molecular weight is 267 g/mol. The number of likely N-dealkylation sites (tertiary alicyclic amines) is 1. The Hall–Kier alpha value is -2.36. The number of rotatable bonds is 2. The van der Waals surface area contributed by atoms with Gasteiger partial charge in [0.25, 0.3) is 5.91 Å². The van der Waals surface area contributed by atoms with E-state index in [1.807, 2.05) is 47.4 Å². The van der Waals surface area contributed by atoms with Gasteiger partial charge in [0.2, 0.25) is 0 Å². The molecule has 0 bridgehead atoms. The zero-order chi connectivity index (χ0) is 13.9. The summed E-state index contributed by atoms with van der Waals surface area (Å²) in [6.07, 6.45) is 3.61. The molecule has 1 aromatic carbocycles. The highest BCUT2D eigenvalue weighted by atomic mass is 16.2. The summed E-state index contributed by atoms with van der Waals surface area (Å²) in [5.74, 6) is 0.585. The number of benzene rings is 1. The minimum atomic E-state index is 0.0383. The summed E-state index contributed by atoms with van der Waals surface area (Å²) < 4.78 is 0. The van der Waals surface area contributed by atoms with Gasteiger partial charge in [-0.15, -0.1) is 0 Å². The van der Waals surface area contributed by atoms with Gasteiger partial charge < -0.3 is 10.6 Å². The molecule has 20 heavy (non-hydrogen) atoms. The number of nitrogens with two attached hydrogens (primary N) is 1. The molecular weight excluding hydrogens is 250 g/mol. The molecule has 0 aliphatic carbocycles. The predicted molar refractivity (Wildman–Crippen MR) is 78.1 cm³/mol. The molecule has 3 rings (SSSR count). The van der Waals surface area contributed by atoms with Crippen molar-refractivity contribution in [2.75, 3.05) is 12.3 Å². The van der Waals surface area contributed by atoms with E-state index in [-0.39, 0.29) is 11.9 Å². The molecule has 1 aliphatic heterocycles. The zero-order valence-electron chi connectivity index (χ0n) is 11.2. The Balaban J connectivity index is 1.90. The van der Waals surface area contributed by atoms with E-state index in [0.717, 1.165) is 30.5 Å². The third kappa shape index (κ3) is 2.25. The fourth-order valence-electron chi connectivity index (χ4n) is 2.79. The maximum Gasteiger partial charge on any atom is 0.254 e. The van der Waals surface area contributed by atoms with Gasteiger partial charge in [-0.25, -0.2) is 4.98 Å². The van der Waals surface area contributed by atoms with Crippen LogP contribution in [0.1, 0.15) is 34.8 Å². The summed E-state index contributed by atoms with van der Waals surface area (Å²) in [6.45, 7) is 0.771. The molecule has 1 saturated heterocycles. The van der Waals surface area contributed by atoms with Crippen LogP contribution in [0, 0.1) is 0 Å². The first kappa shape index (κ1) is 12.7. The van der Waals surface area contributed by atoms with E-state index in [0.29, 0.717) is 5.82 Å². The van der Waals surface area contributed by atoms with Crippen molar-refractivity contribution in [2.24, 2.45) is 0 Å². The molecular formula is C16H17N3O. The van der Waals surface area contributed by atoms with Crippen molar-refractivity contribution in [1.29, 1.82) is 0 Å². The summed E-state index contributed by atoms with van der Waals surface area (Å²) >= 11 is 0. The highest BCUT2D eigenvalue weighted by Gasteiger charge is 2.31. The van der Waals surface area contributed by atoms with Gasteiger partial charge in [0.1, 0.15) is 5.82 Å². The number of aromatic nitrogens is 1. The van der Waals surface area contributed by atoms with Crippen LogP contribution in [0.5, 0.6) is 0 Å². The van der Waals surface area contributed by atoms with Crippen LogP contribution in [0.3, 0.4) is 0 Å². The molecule has 2 N–H and O–H groups in total. The van der Waals surface area contributed by atoms with Crippen LogP contribution in [0.4, 0.5) is 5.82 Å². The van der Waals surface area contributed by atoms with Crippen LogP contribution >= 0.6 is 0 Å². The second-order valence-electron chi connectivity index (χ2n) is 5.00. The van der Waals surface area contributed by atoms with Crippen molar-refractivity contribution >= 4 is 11.7 Å². The number of hydrogen-bond donors (Lipinski definition) is 1. The molecule has 102 valence electrons. The van der Waals surface area contributed by atoms with Crippen molar-refractivity contribution in [2.45, 2.75) is 18.9 Å². The first-order chi connectivity index (χ1) is 9.77. The summed E-state index contributed by atoms with van der Waals surface area (Å²) in [6, 6.07) is 13.3. The van der Waals surface area contributed by atoms with E-state index in [4.69, 9.17) is 5.73 Å². The summed E-state index contributed by atoms with van der Waals surface area (Å²) in [7, 11) is 0. The molecule has 1 aromatic heterocycles. The monoisotopic (exact) mass is 267 g/mol. The summed E-state index contributed by atoms with van der Waals surface area (Å²) in [4.78, 5) is 18.6. The molecule has 4 nitrogen and oxygen atoms in total. The van der Waals surface area contributed by atoms with Crippen LogP contribution in [-0.4, -0.2) is 22.3 Å². The van der Waals surface area contributed by atoms with Crippen molar-refractivity contribution in [1.82, 2.24) is 9.88 Å². The van der Waals surface area contributed by atoms with Gasteiger partial charge in [0.15, 0.2) is 0 Å². The molecule has 2 heterocycles. The van der Waals surface area contributed by atoms with E-state index >= 15 is 0 Å². The number of nitrogen functional groups attached to an aromatic ring is 1. The molecule has 0 saturated carbocycles. The second-order valence-corrected chi connectivity index (χ2v) is 5.00. The SMILES string of the molecule is Nc1ncccc1[C@@H]1CCCN1C(=O)c1ccccc1. The number of anilines is 1. The quantitative estimate of drug-likeness (QED) is 0.910. The van der Waals surface area contributed by atoms with Crippen molar-refractivity contribution in [3.05, 3.63) is 59.8 Å². The fraction of sp³-hybridized carbons (Fsp3) is 0.250. The first-order valence-electron chi connectivity index (χ1n) is 6.84. The lowest BCUT2D eigenvalue weighted by Gasteiger charge is -2.25. The van der Waals surface area contributed by atoms with E-state index in [1.165, 1.54) is 0 Å². The van der Waals surface area contributed by atoms with Crippen LogP contribution in [-0.2, 0) is 0 Å². The fourth-order valence-corrected chi connectivity index (χ4v) is 2.79. The lowest BCUT2D eigenvalue weighted by molar-refractivity contribution is 0.0736. The van der Waals surface area contributed by atoms with Crippen molar-refractivity contribution in [3.8, 4) is 0 Å². The number of amides is 1. The average Bonchev–Trinajstić information content (AvgIpc) is 2.97. The number of hydrogen-bond acceptors (Lipinski definition) is 3. The Morgan fingerprint density at radius 1 is 1.20 bits per heavy atom. The maximum absolute atomic E-state index is 12.6.